The van der Waals surface area contributed by atoms with Gasteiger partial charge >= 0.3 is 0 Å². The fraction of sp³-hybridized carbons (Fsp3) is 0.217. The molecular formula is C23H22N4O2S. The van der Waals surface area contributed by atoms with Crippen molar-refractivity contribution in [2.24, 2.45) is 0 Å². The lowest BCUT2D eigenvalue weighted by Gasteiger charge is -2.15. The first kappa shape index (κ1) is 21.3. The van der Waals surface area contributed by atoms with Crippen molar-refractivity contribution in [3.63, 3.8) is 0 Å². The molecule has 7 heteroatoms. The Balaban J connectivity index is 1.71. The van der Waals surface area contributed by atoms with Crippen LogP contribution in [0.2, 0.25) is 0 Å². The molecule has 0 fully saturated rings. The van der Waals surface area contributed by atoms with Crippen molar-refractivity contribution >= 4 is 17.7 Å². The van der Waals surface area contributed by atoms with Gasteiger partial charge in [0.2, 0.25) is 5.91 Å². The summed E-state index contributed by atoms with van der Waals surface area (Å²) in [6.07, 6.45) is 0. The molecule has 152 valence electrons. The van der Waals surface area contributed by atoms with Crippen LogP contribution in [0.5, 0.6) is 0 Å². The second-order valence-electron chi connectivity index (χ2n) is 6.99. The van der Waals surface area contributed by atoms with Gasteiger partial charge in [0.1, 0.15) is 11.6 Å². The van der Waals surface area contributed by atoms with E-state index in [2.05, 4.69) is 21.4 Å². The van der Waals surface area contributed by atoms with Gasteiger partial charge in [-0.2, -0.15) is 5.26 Å². The van der Waals surface area contributed by atoms with Crippen molar-refractivity contribution in [2.75, 3.05) is 5.75 Å². The number of aryl methyl sites for hydroxylation is 2. The zero-order valence-electron chi connectivity index (χ0n) is 17.0. The minimum atomic E-state index is -0.516. The van der Waals surface area contributed by atoms with E-state index in [0.717, 1.165) is 17.3 Å². The fourth-order valence-corrected chi connectivity index (χ4v) is 3.64. The molecule has 0 saturated carbocycles. The molecule has 0 radical (unpaired) electrons. The summed E-state index contributed by atoms with van der Waals surface area (Å²) < 4.78 is 0. The van der Waals surface area contributed by atoms with Gasteiger partial charge in [-0.05, 0) is 37.5 Å². The molecule has 0 aliphatic rings. The van der Waals surface area contributed by atoms with Crippen molar-refractivity contribution in [1.29, 1.82) is 5.26 Å². The third-order valence-electron chi connectivity index (χ3n) is 4.81. The molecule has 1 atom stereocenters. The van der Waals surface area contributed by atoms with Crippen LogP contribution < -0.4 is 10.9 Å². The van der Waals surface area contributed by atoms with Crippen LogP contribution in [-0.4, -0.2) is 21.6 Å². The number of benzene rings is 2. The zero-order valence-corrected chi connectivity index (χ0v) is 17.8. The number of H-pyrrole nitrogens is 1. The maximum Gasteiger partial charge on any atom is 0.270 e. The normalized spacial score (nSPS) is 11.5. The second-order valence-corrected chi connectivity index (χ2v) is 7.96. The van der Waals surface area contributed by atoms with Crippen molar-refractivity contribution < 1.29 is 4.79 Å². The number of hydrogen-bond donors (Lipinski definition) is 2. The maximum atomic E-state index is 12.4. The molecule has 0 bridgehead atoms. The maximum absolute atomic E-state index is 12.4. The van der Waals surface area contributed by atoms with Crippen LogP contribution in [0.15, 0.2) is 58.5 Å². The molecule has 1 heterocycles. The van der Waals surface area contributed by atoms with Crippen LogP contribution in [0.3, 0.4) is 0 Å². The van der Waals surface area contributed by atoms with Crippen LogP contribution in [0.25, 0.3) is 11.3 Å². The molecule has 0 aliphatic heterocycles. The largest absolute Gasteiger partial charge is 0.349 e. The number of rotatable bonds is 6. The Kier molecular flexibility index (Phi) is 6.70. The summed E-state index contributed by atoms with van der Waals surface area (Å²) in [6.45, 7) is 6.02. The summed E-state index contributed by atoms with van der Waals surface area (Å²) in [6, 6.07) is 16.9. The Hall–Kier alpha value is -3.37. The van der Waals surface area contributed by atoms with E-state index in [4.69, 9.17) is 0 Å². The molecule has 0 unspecified atom stereocenters. The first-order chi connectivity index (χ1) is 14.4. The Morgan fingerprint density at radius 2 is 1.93 bits per heavy atom. The highest BCUT2D eigenvalue weighted by Gasteiger charge is 2.15. The monoisotopic (exact) mass is 418 g/mol. The van der Waals surface area contributed by atoms with Crippen LogP contribution >= 0.6 is 11.8 Å². The van der Waals surface area contributed by atoms with Crippen LogP contribution in [0.4, 0.5) is 0 Å². The third-order valence-corrected chi connectivity index (χ3v) is 5.68. The number of aromatic amines is 1. The van der Waals surface area contributed by atoms with Gasteiger partial charge in [-0.3, -0.25) is 9.59 Å². The number of nitrogens with one attached hydrogen (secondary N) is 2. The minimum Gasteiger partial charge on any atom is -0.349 e. The number of nitrogens with zero attached hydrogens (tertiary/aromatic N) is 2. The van der Waals surface area contributed by atoms with Gasteiger partial charge in [-0.25, -0.2) is 4.98 Å². The lowest BCUT2D eigenvalue weighted by molar-refractivity contribution is -0.119. The molecule has 0 aliphatic carbocycles. The van der Waals surface area contributed by atoms with E-state index >= 15 is 0 Å². The van der Waals surface area contributed by atoms with E-state index in [9.17, 15) is 14.9 Å². The second kappa shape index (κ2) is 9.42. The minimum absolute atomic E-state index is 0.0432. The Labute approximate surface area is 179 Å². The highest BCUT2D eigenvalue weighted by atomic mass is 32.2. The Bertz CT molecular complexity index is 1170. The smallest absolute Gasteiger partial charge is 0.270 e. The number of hydrogen-bond acceptors (Lipinski definition) is 5. The van der Waals surface area contributed by atoms with Crippen LogP contribution in [0, 0.1) is 25.2 Å². The molecule has 0 saturated heterocycles. The number of carbonyl (C=O) groups excluding carboxylic acids is 1. The van der Waals surface area contributed by atoms with Gasteiger partial charge in [-0.1, -0.05) is 60.3 Å². The number of amides is 1. The Morgan fingerprint density at radius 1 is 1.20 bits per heavy atom. The molecule has 2 N–H and O–H groups in total. The summed E-state index contributed by atoms with van der Waals surface area (Å²) >= 11 is 1.13. The molecule has 3 aromatic rings. The fourth-order valence-electron chi connectivity index (χ4n) is 2.96. The summed E-state index contributed by atoms with van der Waals surface area (Å²) in [5.41, 5.74) is 3.85. The average molecular weight is 419 g/mol. The van der Waals surface area contributed by atoms with Gasteiger partial charge in [0.25, 0.3) is 5.56 Å². The number of carbonyl (C=O) groups is 1. The van der Waals surface area contributed by atoms with Gasteiger partial charge < -0.3 is 10.3 Å². The summed E-state index contributed by atoms with van der Waals surface area (Å²) in [5.74, 6) is -0.0721. The number of thioether (sulfide) groups is 1. The third kappa shape index (κ3) is 4.97. The summed E-state index contributed by atoms with van der Waals surface area (Å²) in [5, 5.41) is 12.6. The zero-order chi connectivity index (χ0) is 21.7. The van der Waals surface area contributed by atoms with E-state index in [1.165, 1.54) is 11.1 Å². The van der Waals surface area contributed by atoms with Gasteiger partial charge in [0, 0.05) is 5.56 Å². The van der Waals surface area contributed by atoms with E-state index in [1.54, 1.807) is 12.1 Å². The van der Waals surface area contributed by atoms with Crippen molar-refractivity contribution in [2.45, 2.75) is 32.0 Å². The van der Waals surface area contributed by atoms with Crippen LogP contribution in [-0.2, 0) is 4.79 Å². The Morgan fingerprint density at radius 3 is 2.60 bits per heavy atom. The van der Waals surface area contributed by atoms with E-state index in [1.807, 2.05) is 57.2 Å². The molecule has 2 aromatic carbocycles. The summed E-state index contributed by atoms with van der Waals surface area (Å²) in [7, 11) is 0. The highest BCUT2D eigenvalue weighted by Crippen LogP contribution is 2.22. The standard InChI is InChI=1S/C23H22N4O2S/c1-14-9-10-18(11-15(14)2)16(3)25-20(28)13-30-23-26-21(17-7-5-4-6-8-17)19(12-24)22(29)27-23/h4-11,16H,13H2,1-3H3,(H,25,28)(H,26,27,29)/t16-/m1/s1. The molecule has 1 aromatic heterocycles. The number of aromatic nitrogens is 2. The SMILES string of the molecule is Cc1ccc([C@@H](C)NC(=O)CSc2nc(-c3ccccc3)c(C#N)c(=O)[nH]2)cc1C. The first-order valence-corrected chi connectivity index (χ1v) is 10.5. The molecule has 30 heavy (non-hydrogen) atoms. The number of nitriles is 1. The molecule has 3 rings (SSSR count). The highest BCUT2D eigenvalue weighted by molar-refractivity contribution is 7.99. The predicted octanol–water partition coefficient (Wildman–Crippen LogP) is 3.89. The molecule has 0 spiro atoms. The van der Waals surface area contributed by atoms with Gasteiger partial charge in [-0.15, -0.1) is 0 Å². The van der Waals surface area contributed by atoms with E-state index in [-0.39, 0.29) is 23.3 Å². The van der Waals surface area contributed by atoms with Crippen LogP contribution in [0.1, 0.15) is 35.2 Å². The van der Waals surface area contributed by atoms with Crippen molar-refractivity contribution in [1.82, 2.24) is 15.3 Å². The molecule has 1 amide bonds. The quantitative estimate of drug-likeness (QED) is 0.467. The lowest BCUT2D eigenvalue weighted by Crippen LogP contribution is -2.28. The topological polar surface area (TPSA) is 98.6 Å². The summed E-state index contributed by atoms with van der Waals surface area (Å²) in [4.78, 5) is 31.7. The van der Waals surface area contributed by atoms with E-state index < -0.39 is 5.56 Å². The first-order valence-electron chi connectivity index (χ1n) is 9.48. The average Bonchev–Trinajstić information content (AvgIpc) is 2.74. The van der Waals surface area contributed by atoms with Crippen molar-refractivity contribution in [3.8, 4) is 17.3 Å². The van der Waals surface area contributed by atoms with E-state index in [0.29, 0.717) is 16.4 Å². The van der Waals surface area contributed by atoms with Gasteiger partial charge in [0.05, 0.1) is 17.5 Å². The lowest BCUT2D eigenvalue weighted by atomic mass is 10.0. The predicted molar refractivity (Wildman–Crippen MR) is 118 cm³/mol. The molecular weight excluding hydrogens is 396 g/mol. The van der Waals surface area contributed by atoms with Crippen molar-refractivity contribution in [3.05, 3.63) is 81.1 Å². The molecule has 6 nitrogen and oxygen atoms in total. The van der Waals surface area contributed by atoms with Gasteiger partial charge in [0.15, 0.2) is 5.16 Å².